The SMILES string of the molecule is CC(=O)CC(=O)OC/C=C/c1ccc(OC2CCCCO2)cc1. The maximum Gasteiger partial charge on any atom is 0.313 e. The quantitative estimate of drug-likeness (QED) is 0.571. The number of hydrogen-bond donors (Lipinski definition) is 0. The molecule has 124 valence electrons. The van der Waals surface area contributed by atoms with E-state index in [1.165, 1.54) is 6.92 Å². The molecule has 1 fully saturated rings. The summed E-state index contributed by atoms with van der Waals surface area (Å²) in [7, 11) is 0. The van der Waals surface area contributed by atoms with Crippen LogP contribution in [0.2, 0.25) is 0 Å². The van der Waals surface area contributed by atoms with Crippen molar-refractivity contribution in [2.45, 2.75) is 38.9 Å². The molecule has 1 aromatic carbocycles. The number of rotatable bonds is 7. The highest BCUT2D eigenvalue weighted by molar-refractivity contribution is 5.94. The van der Waals surface area contributed by atoms with Crippen molar-refractivity contribution < 1.29 is 23.8 Å². The molecule has 1 unspecified atom stereocenters. The largest absolute Gasteiger partial charge is 0.465 e. The van der Waals surface area contributed by atoms with E-state index >= 15 is 0 Å². The van der Waals surface area contributed by atoms with Gasteiger partial charge in [-0.05, 0) is 43.5 Å². The number of ketones is 1. The standard InChI is InChI=1S/C18H22O5/c1-14(19)13-17(20)21-12-4-5-15-7-9-16(10-8-15)23-18-6-2-3-11-22-18/h4-5,7-10,18H,2-3,6,11-13H2,1H3/b5-4+. The molecule has 0 aromatic heterocycles. The zero-order valence-corrected chi connectivity index (χ0v) is 13.3. The predicted octanol–water partition coefficient (Wildman–Crippen LogP) is 3.13. The lowest BCUT2D eigenvalue weighted by atomic mass is 10.2. The van der Waals surface area contributed by atoms with Crippen LogP contribution in [0.4, 0.5) is 0 Å². The minimum atomic E-state index is -0.502. The van der Waals surface area contributed by atoms with E-state index in [2.05, 4.69) is 0 Å². The average molecular weight is 318 g/mol. The van der Waals surface area contributed by atoms with Crippen LogP contribution in [0.25, 0.3) is 6.08 Å². The van der Waals surface area contributed by atoms with Crippen LogP contribution >= 0.6 is 0 Å². The number of esters is 1. The monoisotopic (exact) mass is 318 g/mol. The lowest BCUT2D eigenvalue weighted by molar-refractivity contribution is -0.144. The van der Waals surface area contributed by atoms with E-state index in [0.29, 0.717) is 0 Å². The third kappa shape index (κ3) is 6.65. The van der Waals surface area contributed by atoms with E-state index < -0.39 is 5.97 Å². The third-order valence-electron chi connectivity index (χ3n) is 3.33. The van der Waals surface area contributed by atoms with Crippen molar-refractivity contribution in [2.24, 2.45) is 0 Å². The highest BCUT2D eigenvalue weighted by Gasteiger charge is 2.14. The minimum absolute atomic E-state index is 0.147. The summed E-state index contributed by atoms with van der Waals surface area (Å²) in [6, 6.07) is 7.62. The molecule has 0 N–H and O–H groups in total. The van der Waals surface area contributed by atoms with Gasteiger partial charge in [0.25, 0.3) is 0 Å². The van der Waals surface area contributed by atoms with Gasteiger partial charge in [0.2, 0.25) is 0 Å². The van der Waals surface area contributed by atoms with Crippen LogP contribution in [0.5, 0.6) is 5.75 Å². The molecule has 0 spiro atoms. The van der Waals surface area contributed by atoms with E-state index in [1.54, 1.807) is 6.08 Å². The predicted molar refractivity (Wildman–Crippen MR) is 86.0 cm³/mol. The van der Waals surface area contributed by atoms with Crippen molar-refractivity contribution in [1.29, 1.82) is 0 Å². The van der Waals surface area contributed by atoms with Crippen molar-refractivity contribution in [3.63, 3.8) is 0 Å². The molecule has 0 bridgehead atoms. The molecule has 23 heavy (non-hydrogen) atoms. The Morgan fingerprint density at radius 3 is 2.70 bits per heavy atom. The normalized spacial score (nSPS) is 17.9. The molecular weight excluding hydrogens is 296 g/mol. The van der Waals surface area contributed by atoms with E-state index in [4.69, 9.17) is 14.2 Å². The van der Waals surface area contributed by atoms with Gasteiger partial charge in [-0.25, -0.2) is 0 Å². The molecule has 0 radical (unpaired) electrons. The van der Waals surface area contributed by atoms with Crippen LogP contribution in [0, 0.1) is 0 Å². The fourth-order valence-corrected chi connectivity index (χ4v) is 2.19. The Kier molecular flexibility index (Phi) is 6.81. The summed E-state index contributed by atoms with van der Waals surface area (Å²) in [6.45, 7) is 2.27. The highest BCUT2D eigenvalue weighted by Crippen LogP contribution is 2.19. The van der Waals surface area contributed by atoms with Crippen LogP contribution in [-0.2, 0) is 19.1 Å². The molecule has 1 heterocycles. The lowest BCUT2D eigenvalue weighted by Crippen LogP contribution is -2.24. The molecule has 1 aromatic rings. The average Bonchev–Trinajstić information content (AvgIpc) is 2.53. The van der Waals surface area contributed by atoms with Gasteiger partial charge >= 0.3 is 5.97 Å². The van der Waals surface area contributed by atoms with Crippen molar-refractivity contribution in [3.05, 3.63) is 35.9 Å². The Hall–Kier alpha value is -2.14. The van der Waals surface area contributed by atoms with Gasteiger partial charge in [-0.15, -0.1) is 0 Å². The summed E-state index contributed by atoms with van der Waals surface area (Å²) in [5.74, 6) is 0.0804. The molecule has 0 aliphatic carbocycles. The van der Waals surface area contributed by atoms with Crippen molar-refractivity contribution >= 4 is 17.8 Å². The first-order valence-corrected chi connectivity index (χ1v) is 7.83. The summed E-state index contributed by atoms with van der Waals surface area (Å²) in [6.07, 6.45) is 6.41. The molecule has 0 saturated carbocycles. The lowest BCUT2D eigenvalue weighted by Gasteiger charge is -2.23. The van der Waals surface area contributed by atoms with E-state index in [9.17, 15) is 9.59 Å². The van der Waals surface area contributed by atoms with Gasteiger partial charge in [0.15, 0.2) is 6.29 Å². The van der Waals surface area contributed by atoms with Gasteiger partial charge in [-0.2, -0.15) is 0 Å². The number of hydrogen-bond acceptors (Lipinski definition) is 5. The van der Waals surface area contributed by atoms with Crippen LogP contribution in [0.15, 0.2) is 30.3 Å². The van der Waals surface area contributed by atoms with Crippen LogP contribution in [0.3, 0.4) is 0 Å². The topological polar surface area (TPSA) is 61.8 Å². The second-order valence-electron chi connectivity index (χ2n) is 5.45. The maximum atomic E-state index is 11.2. The summed E-state index contributed by atoms with van der Waals surface area (Å²) in [4.78, 5) is 21.9. The zero-order valence-electron chi connectivity index (χ0n) is 13.3. The highest BCUT2D eigenvalue weighted by atomic mass is 16.7. The Labute approximate surface area is 136 Å². The number of ether oxygens (including phenoxy) is 3. The number of Topliss-reactive ketones (excluding diaryl/α,β-unsaturated/α-hetero) is 1. The van der Waals surface area contributed by atoms with Gasteiger partial charge in [0.1, 0.15) is 24.6 Å². The molecule has 5 nitrogen and oxygen atoms in total. The third-order valence-corrected chi connectivity index (χ3v) is 3.33. The summed E-state index contributed by atoms with van der Waals surface area (Å²) in [5, 5.41) is 0. The first-order chi connectivity index (χ1) is 11.1. The molecule has 1 saturated heterocycles. The smallest absolute Gasteiger partial charge is 0.313 e. The molecule has 1 aliphatic heterocycles. The van der Waals surface area contributed by atoms with E-state index in [-0.39, 0.29) is 25.1 Å². The van der Waals surface area contributed by atoms with E-state index in [1.807, 2.05) is 30.3 Å². The maximum absolute atomic E-state index is 11.2. The molecule has 0 amide bonds. The molecular formula is C18H22O5. The zero-order chi connectivity index (χ0) is 16.5. The molecule has 1 aliphatic rings. The number of carbonyl (C=O) groups excluding carboxylic acids is 2. The molecule has 2 rings (SSSR count). The second-order valence-corrected chi connectivity index (χ2v) is 5.45. The number of benzene rings is 1. The van der Waals surface area contributed by atoms with Crippen molar-refractivity contribution in [2.75, 3.05) is 13.2 Å². The van der Waals surface area contributed by atoms with Gasteiger partial charge < -0.3 is 14.2 Å². The second kappa shape index (κ2) is 9.10. The fourth-order valence-electron chi connectivity index (χ4n) is 2.19. The van der Waals surface area contributed by atoms with Gasteiger partial charge in [-0.1, -0.05) is 18.2 Å². The molecule has 5 heteroatoms. The fraction of sp³-hybridized carbons (Fsp3) is 0.444. The summed E-state index contributed by atoms with van der Waals surface area (Å²) >= 11 is 0. The Bertz CT molecular complexity index is 541. The van der Waals surface area contributed by atoms with Crippen LogP contribution in [0.1, 0.15) is 38.2 Å². The first-order valence-electron chi connectivity index (χ1n) is 7.83. The van der Waals surface area contributed by atoms with Crippen LogP contribution in [-0.4, -0.2) is 31.3 Å². The Morgan fingerprint density at radius 1 is 1.26 bits per heavy atom. The van der Waals surface area contributed by atoms with Gasteiger partial charge in [0, 0.05) is 6.42 Å². The van der Waals surface area contributed by atoms with E-state index in [0.717, 1.165) is 37.2 Å². The Morgan fingerprint density at radius 2 is 2.04 bits per heavy atom. The first kappa shape index (κ1) is 17.2. The Balaban J connectivity index is 1.74. The van der Waals surface area contributed by atoms with Crippen LogP contribution < -0.4 is 4.74 Å². The van der Waals surface area contributed by atoms with Gasteiger partial charge in [-0.3, -0.25) is 9.59 Å². The summed E-state index contributed by atoms with van der Waals surface area (Å²) < 4.78 is 16.2. The van der Waals surface area contributed by atoms with Crippen molar-refractivity contribution in [3.8, 4) is 5.75 Å². The number of carbonyl (C=O) groups is 2. The summed E-state index contributed by atoms with van der Waals surface area (Å²) in [5.41, 5.74) is 0.976. The van der Waals surface area contributed by atoms with Crippen molar-refractivity contribution in [1.82, 2.24) is 0 Å². The minimum Gasteiger partial charge on any atom is -0.465 e. The van der Waals surface area contributed by atoms with Gasteiger partial charge in [0.05, 0.1) is 6.61 Å². The molecule has 1 atom stereocenters.